The zero-order chi connectivity index (χ0) is 16.9. The van der Waals surface area contributed by atoms with Crippen LogP contribution in [0.25, 0.3) is 0 Å². The molecule has 0 fully saturated rings. The Hall–Kier alpha value is -2.34. The first-order chi connectivity index (χ1) is 10.9. The number of sulfone groups is 1. The number of rotatable bonds is 6. The summed E-state index contributed by atoms with van der Waals surface area (Å²) >= 11 is 0. The number of benzene rings is 2. The number of carbonyl (C=O) groups is 1. The van der Waals surface area contributed by atoms with Crippen LogP contribution >= 0.6 is 0 Å². The fourth-order valence-electron chi connectivity index (χ4n) is 1.95. The summed E-state index contributed by atoms with van der Waals surface area (Å²) in [5, 5.41) is 2.74. The minimum Gasteiger partial charge on any atom is -0.484 e. The second kappa shape index (κ2) is 7.28. The summed E-state index contributed by atoms with van der Waals surface area (Å²) in [7, 11) is -3.23. The fraction of sp³-hybridized carbons (Fsp3) is 0.235. The molecule has 1 amide bonds. The van der Waals surface area contributed by atoms with Gasteiger partial charge in [-0.2, -0.15) is 0 Å². The van der Waals surface area contributed by atoms with Crippen LogP contribution in [0, 0.1) is 0 Å². The number of hydrogen-bond acceptors (Lipinski definition) is 4. The minimum atomic E-state index is -3.23. The van der Waals surface area contributed by atoms with Gasteiger partial charge in [-0.3, -0.25) is 4.79 Å². The molecule has 23 heavy (non-hydrogen) atoms. The fourth-order valence-corrected chi connectivity index (χ4v) is 2.58. The van der Waals surface area contributed by atoms with Crippen molar-refractivity contribution >= 4 is 21.4 Å². The monoisotopic (exact) mass is 333 g/mol. The van der Waals surface area contributed by atoms with Gasteiger partial charge in [-0.1, -0.05) is 19.1 Å². The van der Waals surface area contributed by atoms with E-state index in [-0.39, 0.29) is 17.4 Å². The summed E-state index contributed by atoms with van der Waals surface area (Å²) < 4.78 is 28.1. The van der Waals surface area contributed by atoms with Crippen LogP contribution in [0.4, 0.5) is 5.69 Å². The molecule has 122 valence electrons. The van der Waals surface area contributed by atoms with E-state index in [1.54, 1.807) is 0 Å². The molecule has 0 aliphatic carbocycles. The van der Waals surface area contributed by atoms with Crippen molar-refractivity contribution in [3.05, 3.63) is 54.1 Å². The van der Waals surface area contributed by atoms with Crippen molar-refractivity contribution in [1.82, 2.24) is 0 Å². The van der Waals surface area contributed by atoms with Crippen molar-refractivity contribution in [2.45, 2.75) is 18.2 Å². The van der Waals surface area contributed by atoms with Gasteiger partial charge in [0.05, 0.1) is 4.90 Å². The van der Waals surface area contributed by atoms with E-state index >= 15 is 0 Å². The molecule has 0 aliphatic rings. The molecule has 0 atom stereocenters. The Labute approximate surface area is 136 Å². The SMILES string of the molecule is CCc1ccc(NC(=O)COc2ccc(S(C)(=O)=O)cc2)cc1. The topological polar surface area (TPSA) is 72.5 Å². The van der Waals surface area contributed by atoms with E-state index in [1.807, 2.05) is 24.3 Å². The molecule has 0 unspecified atom stereocenters. The number of carbonyl (C=O) groups excluding carboxylic acids is 1. The molecule has 0 aliphatic heterocycles. The van der Waals surface area contributed by atoms with E-state index in [9.17, 15) is 13.2 Å². The molecule has 2 aromatic rings. The van der Waals surface area contributed by atoms with Gasteiger partial charge < -0.3 is 10.1 Å². The molecule has 5 nitrogen and oxygen atoms in total. The second-order valence-corrected chi connectivity index (χ2v) is 7.15. The van der Waals surface area contributed by atoms with Crippen LogP contribution in [-0.4, -0.2) is 27.2 Å². The average molecular weight is 333 g/mol. The molecule has 0 saturated heterocycles. The van der Waals surface area contributed by atoms with Crippen LogP contribution in [0.1, 0.15) is 12.5 Å². The first-order valence-electron chi connectivity index (χ1n) is 7.20. The number of anilines is 1. The Morgan fingerprint density at radius 3 is 2.17 bits per heavy atom. The van der Waals surface area contributed by atoms with Gasteiger partial charge in [0.1, 0.15) is 5.75 Å². The third kappa shape index (κ3) is 5.10. The van der Waals surface area contributed by atoms with Crippen LogP contribution in [-0.2, 0) is 21.1 Å². The van der Waals surface area contributed by atoms with E-state index in [0.717, 1.165) is 12.7 Å². The molecule has 0 saturated carbocycles. The van der Waals surface area contributed by atoms with E-state index in [0.29, 0.717) is 11.4 Å². The van der Waals surface area contributed by atoms with E-state index in [2.05, 4.69) is 12.2 Å². The summed E-state index contributed by atoms with van der Waals surface area (Å²) in [5.41, 5.74) is 1.91. The Morgan fingerprint density at radius 2 is 1.65 bits per heavy atom. The van der Waals surface area contributed by atoms with Crippen molar-refractivity contribution < 1.29 is 17.9 Å². The Bertz CT molecular complexity index is 765. The highest BCUT2D eigenvalue weighted by atomic mass is 32.2. The summed E-state index contributed by atoms with van der Waals surface area (Å²) in [5.74, 6) is 0.162. The number of hydrogen-bond donors (Lipinski definition) is 1. The molecule has 6 heteroatoms. The van der Waals surface area contributed by atoms with Crippen molar-refractivity contribution in [1.29, 1.82) is 0 Å². The maximum Gasteiger partial charge on any atom is 0.262 e. The maximum atomic E-state index is 11.8. The molecule has 0 bridgehead atoms. The van der Waals surface area contributed by atoms with E-state index in [1.165, 1.54) is 29.8 Å². The molecular weight excluding hydrogens is 314 g/mol. The molecule has 2 aromatic carbocycles. The first-order valence-corrected chi connectivity index (χ1v) is 9.09. The lowest BCUT2D eigenvalue weighted by molar-refractivity contribution is -0.118. The highest BCUT2D eigenvalue weighted by molar-refractivity contribution is 7.90. The normalized spacial score (nSPS) is 11.0. The standard InChI is InChI=1S/C17H19NO4S/c1-3-13-4-6-14(7-5-13)18-17(19)12-22-15-8-10-16(11-9-15)23(2,20)21/h4-11H,3,12H2,1-2H3,(H,18,19). The van der Waals surface area contributed by atoms with Crippen LogP contribution in [0.3, 0.4) is 0 Å². The summed E-state index contributed by atoms with van der Waals surface area (Å²) in [6, 6.07) is 13.6. The van der Waals surface area contributed by atoms with Crippen molar-refractivity contribution in [2.75, 3.05) is 18.2 Å². The zero-order valence-corrected chi connectivity index (χ0v) is 13.9. The lowest BCUT2D eigenvalue weighted by atomic mass is 10.1. The second-order valence-electron chi connectivity index (χ2n) is 5.13. The molecule has 0 spiro atoms. The summed E-state index contributed by atoms with van der Waals surface area (Å²) in [4.78, 5) is 12.0. The van der Waals surface area contributed by atoms with Gasteiger partial charge in [0, 0.05) is 11.9 Å². The van der Waals surface area contributed by atoms with Crippen molar-refractivity contribution in [3.63, 3.8) is 0 Å². The summed E-state index contributed by atoms with van der Waals surface area (Å²) in [6.45, 7) is 1.92. The first kappa shape index (κ1) is 17.0. The lowest BCUT2D eigenvalue weighted by Gasteiger charge is -2.08. The highest BCUT2D eigenvalue weighted by Gasteiger charge is 2.08. The van der Waals surface area contributed by atoms with Gasteiger partial charge in [-0.25, -0.2) is 8.42 Å². The Morgan fingerprint density at radius 1 is 1.04 bits per heavy atom. The van der Waals surface area contributed by atoms with Crippen LogP contribution < -0.4 is 10.1 Å². The van der Waals surface area contributed by atoms with Crippen molar-refractivity contribution in [3.8, 4) is 5.75 Å². The Kier molecular flexibility index (Phi) is 5.39. The predicted octanol–water partition coefficient (Wildman–Crippen LogP) is 2.67. The highest BCUT2D eigenvalue weighted by Crippen LogP contribution is 2.16. The zero-order valence-electron chi connectivity index (χ0n) is 13.1. The van der Waals surface area contributed by atoms with Gasteiger partial charge in [-0.05, 0) is 48.4 Å². The third-order valence-electron chi connectivity index (χ3n) is 3.27. The molecule has 0 heterocycles. The quantitative estimate of drug-likeness (QED) is 0.882. The average Bonchev–Trinajstić information content (AvgIpc) is 2.53. The largest absolute Gasteiger partial charge is 0.484 e. The van der Waals surface area contributed by atoms with Gasteiger partial charge in [-0.15, -0.1) is 0 Å². The number of amides is 1. The van der Waals surface area contributed by atoms with E-state index in [4.69, 9.17) is 4.74 Å². The van der Waals surface area contributed by atoms with Crippen molar-refractivity contribution in [2.24, 2.45) is 0 Å². The van der Waals surface area contributed by atoms with E-state index < -0.39 is 9.84 Å². The lowest BCUT2D eigenvalue weighted by Crippen LogP contribution is -2.20. The van der Waals surface area contributed by atoms with Crippen LogP contribution in [0.5, 0.6) is 5.75 Å². The van der Waals surface area contributed by atoms with Gasteiger partial charge >= 0.3 is 0 Å². The van der Waals surface area contributed by atoms with Crippen LogP contribution in [0.15, 0.2) is 53.4 Å². The number of aryl methyl sites for hydroxylation is 1. The number of ether oxygens (including phenoxy) is 1. The van der Waals surface area contributed by atoms with Crippen LogP contribution in [0.2, 0.25) is 0 Å². The smallest absolute Gasteiger partial charge is 0.262 e. The van der Waals surface area contributed by atoms with Gasteiger partial charge in [0.25, 0.3) is 5.91 Å². The molecular formula is C17H19NO4S. The third-order valence-corrected chi connectivity index (χ3v) is 4.40. The minimum absolute atomic E-state index is 0.145. The predicted molar refractivity (Wildman–Crippen MR) is 89.5 cm³/mol. The molecule has 2 rings (SSSR count). The molecule has 1 N–H and O–H groups in total. The summed E-state index contributed by atoms with van der Waals surface area (Å²) in [6.07, 6.45) is 2.08. The Balaban J connectivity index is 1.88. The number of nitrogens with one attached hydrogen (secondary N) is 1. The molecule has 0 aromatic heterocycles. The maximum absolute atomic E-state index is 11.8. The van der Waals surface area contributed by atoms with Gasteiger partial charge in [0.15, 0.2) is 16.4 Å². The molecule has 0 radical (unpaired) electrons. The van der Waals surface area contributed by atoms with Gasteiger partial charge in [0.2, 0.25) is 0 Å².